The van der Waals surface area contributed by atoms with E-state index in [1.807, 2.05) is 75.3 Å². The van der Waals surface area contributed by atoms with Gasteiger partial charge in [0.25, 0.3) is 5.91 Å². The monoisotopic (exact) mass is 411 g/mol. The van der Waals surface area contributed by atoms with Crippen LogP contribution in [0.5, 0.6) is 0 Å². The second kappa shape index (κ2) is 12.0. The normalized spacial score (nSPS) is 11.6. The number of nitrogens with one attached hydrogen (secondary N) is 2. The zero-order valence-corrected chi connectivity index (χ0v) is 18.4. The minimum atomic E-state index is -0.240. The van der Waals surface area contributed by atoms with Gasteiger partial charge in [0.05, 0.1) is 11.5 Å². The molecular formula is C24H33N3O3. The maximum atomic E-state index is 12.9. The highest BCUT2D eigenvalue weighted by atomic mass is 16.5. The van der Waals surface area contributed by atoms with E-state index in [0.717, 1.165) is 17.7 Å². The highest BCUT2D eigenvalue weighted by Gasteiger charge is 2.20. The van der Waals surface area contributed by atoms with Crippen LogP contribution < -0.4 is 15.5 Å². The number of hydrogen-bond acceptors (Lipinski definition) is 4. The molecule has 0 radical (unpaired) electrons. The number of carbonyl (C=O) groups excluding carboxylic acids is 2. The van der Waals surface area contributed by atoms with E-state index in [1.165, 1.54) is 0 Å². The summed E-state index contributed by atoms with van der Waals surface area (Å²) in [6.45, 7) is 5.76. The summed E-state index contributed by atoms with van der Waals surface area (Å²) in [6, 6.07) is 15.2. The zero-order valence-electron chi connectivity index (χ0n) is 18.4. The van der Waals surface area contributed by atoms with Crippen molar-refractivity contribution in [2.24, 2.45) is 0 Å². The first-order valence-corrected chi connectivity index (χ1v) is 10.5. The Morgan fingerprint density at radius 3 is 2.43 bits per heavy atom. The molecule has 0 aliphatic heterocycles. The molecule has 0 bridgehead atoms. The van der Waals surface area contributed by atoms with E-state index in [0.29, 0.717) is 37.4 Å². The van der Waals surface area contributed by atoms with Crippen LogP contribution in [0.2, 0.25) is 0 Å². The van der Waals surface area contributed by atoms with Gasteiger partial charge in [-0.3, -0.25) is 9.59 Å². The van der Waals surface area contributed by atoms with Crippen LogP contribution in [0, 0.1) is 0 Å². The molecule has 0 heterocycles. The molecule has 0 aliphatic rings. The minimum Gasteiger partial charge on any atom is -0.382 e. The van der Waals surface area contributed by atoms with E-state index in [1.54, 1.807) is 6.07 Å². The van der Waals surface area contributed by atoms with Crippen molar-refractivity contribution in [2.45, 2.75) is 32.6 Å². The number of ether oxygens (including phenoxy) is 1. The van der Waals surface area contributed by atoms with Gasteiger partial charge in [0.2, 0.25) is 5.91 Å². The predicted octanol–water partition coefficient (Wildman–Crippen LogP) is 4.04. The van der Waals surface area contributed by atoms with Crippen molar-refractivity contribution in [1.29, 1.82) is 0 Å². The van der Waals surface area contributed by atoms with Crippen molar-refractivity contribution in [3.63, 3.8) is 0 Å². The van der Waals surface area contributed by atoms with Crippen molar-refractivity contribution < 1.29 is 14.3 Å². The van der Waals surface area contributed by atoms with Crippen LogP contribution in [-0.2, 0) is 9.53 Å². The molecule has 0 spiro atoms. The van der Waals surface area contributed by atoms with Gasteiger partial charge in [-0.1, -0.05) is 37.3 Å². The summed E-state index contributed by atoms with van der Waals surface area (Å²) in [5, 5.41) is 5.91. The average molecular weight is 412 g/mol. The molecule has 0 unspecified atom stereocenters. The Morgan fingerprint density at radius 1 is 1.07 bits per heavy atom. The molecule has 0 fully saturated rings. The molecule has 0 aromatic heterocycles. The van der Waals surface area contributed by atoms with E-state index in [2.05, 4.69) is 10.6 Å². The Morgan fingerprint density at radius 2 is 1.80 bits per heavy atom. The number of amides is 2. The SMILES string of the molecule is CCOCCCNC(=O)c1cc(NC(=O)[C@@H](CC)c2ccccc2)ccc1N(C)C. The quantitative estimate of drug-likeness (QED) is 0.548. The lowest BCUT2D eigenvalue weighted by Gasteiger charge is -2.20. The van der Waals surface area contributed by atoms with Gasteiger partial charge in [0.15, 0.2) is 0 Å². The number of hydrogen-bond donors (Lipinski definition) is 2. The maximum absolute atomic E-state index is 12.9. The third-order valence-electron chi connectivity index (χ3n) is 4.87. The van der Waals surface area contributed by atoms with Crippen LogP contribution in [0.25, 0.3) is 0 Å². The standard InChI is InChI=1S/C24H33N3O3/c1-5-20(18-11-8-7-9-12-18)24(29)26-19-13-14-22(27(3)4)21(17-19)23(28)25-15-10-16-30-6-2/h7-9,11-14,17,20H,5-6,10,15-16H2,1-4H3,(H,25,28)(H,26,29)/t20-/m0/s1. The number of benzene rings is 2. The Labute approximate surface area is 179 Å². The molecule has 162 valence electrons. The Kier molecular flexibility index (Phi) is 9.35. The first-order valence-electron chi connectivity index (χ1n) is 10.5. The van der Waals surface area contributed by atoms with Gasteiger partial charge in [-0.05, 0) is 43.5 Å². The summed E-state index contributed by atoms with van der Waals surface area (Å²) in [4.78, 5) is 27.5. The maximum Gasteiger partial charge on any atom is 0.253 e. The van der Waals surface area contributed by atoms with Crippen molar-refractivity contribution in [2.75, 3.05) is 44.1 Å². The Bertz CT molecular complexity index is 822. The molecule has 0 saturated heterocycles. The number of anilines is 2. The van der Waals surface area contributed by atoms with Crippen LogP contribution in [0.15, 0.2) is 48.5 Å². The summed E-state index contributed by atoms with van der Waals surface area (Å²) in [7, 11) is 3.78. The van der Waals surface area contributed by atoms with E-state index in [4.69, 9.17) is 4.74 Å². The number of rotatable bonds is 11. The van der Waals surface area contributed by atoms with Gasteiger partial charge >= 0.3 is 0 Å². The zero-order chi connectivity index (χ0) is 21.9. The molecule has 2 N–H and O–H groups in total. The molecule has 30 heavy (non-hydrogen) atoms. The molecular weight excluding hydrogens is 378 g/mol. The van der Waals surface area contributed by atoms with Gasteiger partial charge < -0.3 is 20.3 Å². The van der Waals surface area contributed by atoms with Crippen molar-refractivity contribution in [3.8, 4) is 0 Å². The molecule has 2 amide bonds. The van der Waals surface area contributed by atoms with Crippen molar-refractivity contribution in [3.05, 3.63) is 59.7 Å². The largest absolute Gasteiger partial charge is 0.382 e. The number of carbonyl (C=O) groups is 2. The molecule has 6 nitrogen and oxygen atoms in total. The van der Waals surface area contributed by atoms with Crippen LogP contribution in [0.4, 0.5) is 11.4 Å². The molecule has 0 saturated carbocycles. The molecule has 2 rings (SSSR count). The van der Waals surface area contributed by atoms with Crippen molar-refractivity contribution >= 4 is 23.2 Å². The van der Waals surface area contributed by atoms with E-state index < -0.39 is 0 Å². The van der Waals surface area contributed by atoms with E-state index >= 15 is 0 Å². The van der Waals surface area contributed by atoms with Gasteiger partial charge in [-0.25, -0.2) is 0 Å². The van der Waals surface area contributed by atoms with Crippen LogP contribution in [0.3, 0.4) is 0 Å². The fourth-order valence-electron chi connectivity index (χ4n) is 3.29. The highest BCUT2D eigenvalue weighted by molar-refractivity contribution is 6.02. The third kappa shape index (κ3) is 6.59. The summed E-state index contributed by atoms with van der Waals surface area (Å²) in [5.41, 5.74) is 2.92. The van der Waals surface area contributed by atoms with Crippen LogP contribution in [0.1, 0.15) is 48.5 Å². The highest BCUT2D eigenvalue weighted by Crippen LogP contribution is 2.25. The lowest BCUT2D eigenvalue weighted by molar-refractivity contribution is -0.117. The third-order valence-corrected chi connectivity index (χ3v) is 4.87. The van der Waals surface area contributed by atoms with Gasteiger partial charge in [-0.2, -0.15) is 0 Å². The predicted molar refractivity (Wildman–Crippen MR) is 122 cm³/mol. The fourth-order valence-corrected chi connectivity index (χ4v) is 3.29. The topological polar surface area (TPSA) is 70.7 Å². The summed E-state index contributed by atoms with van der Waals surface area (Å²) in [5.74, 6) is -0.485. The molecule has 0 aliphatic carbocycles. The Hall–Kier alpha value is -2.86. The fraction of sp³-hybridized carbons (Fsp3) is 0.417. The molecule has 1 atom stereocenters. The van der Waals surface area contributed by atoms with E-state index in [-0.39, 0.29) is 17.7 Å². The lowest BCUT2D eigenvalue weighted by atomic mass is 9.95. The second-order valence-electron chi connectivity index (χ2n) is 7.29. The van der Waals surface area contributed by atoms with Crippen molar-refractivity contribution in [1.82, 2.24) is 5.32 Å². The smallest absolute Gasteiger partial charge is 0.253 e. The van der Waals surface area contributed by atoms with Crippen LogP contribution in [-0.4, -0.2) is 45.7 Å². The first kappa shape index (κ1) is 23.4. The van der Waals surface area contributed by atoms with Gasteiger partial charge in [-0.15, -0.1) is 0 Å². The first-order chi connectivity index (χ1) is 14.5. The Balaban J connectivity index is 2.14. The lowest BCUT2D eigenvalue weighted by Crippen LogP contribution is -2.28. The van der Waals surface area contributed by atoms with Crippen LogP contribution >= 0.6 is 0 Å². The summed E-state index contributed by atoms with van der Waals surface area (Å²) >= 11 is 0. The van der Waals surface area contributed by atoms with E-state index in [9.17, 15) is 9.59 Å². The number of nitrogens with zero attached hydrogens (tertiary/aromatic N) is 1. The van der Waals surface area contributed by atoms with Gasteiger partial charge in [0.1, 0.15) is 0 Å². The summed E-state index contributed by atoms with van der Waals surface area (Å²) < 4.78 is 5.31. The minimum absolute atomic E-state index is 0.0793. The second-order valence-corrected chi connectivity index (χ2v) is 7.29. The van der Waals surface area contributed by atoms with Gasteiger partial charge in [0, 0.05) is 45.2 Å². The average Bonchev–Trinajstić information content (AvgIpc) is 2.74. The molecule has 2 aromatic rings. The summed E-state index contributed by atoms with van der Waals surface area (Å²) in [6.07, 6.45) is 1.45. The molecule has 2 aromatic carbocycles. The molecule has 6 heteroatoms.